The van der Waals surface area contributed by atoms with E-state index in [1.807, 2.05) is 61.5 Å². The smallest absolute Gasteiger partial charge is 0.278 e. The van der Waals surface area contributed by atoms with Gasteiger partial charge in [-0.1, -0.05) is 48.0 Å². The van der Waals surface area contributed by atoms with E-state index in [-0.39, 0.29) is 17.6 Å². The van der Waals surface area contributed by atoms with Crippen molar-refractivity contribution in [2.45, 2.75) is 19.8 Å². The maximum Gasteiger partial charge on any atom is 0.278 e. The molecular weight excluding hydrogens is 378 g/mol. The summed E-state index contributed by atoms with van der Waals surface area (Å²) in [6, 6.07) is 17.3. The zero-order valence-corrected chi connectivity index (χ0v) is 17.2. The maximum absolute atomic E-state index is 13.1. The van der Waals surface area contributed by atoms with Gasteiger partial charge in [-0.15, -0.1) is 0 Å². The number of aryl methyl sites for hydroxylation is 1. The predicted molar refractivity (Wildman–Crippen MR) is 114 cm³/mol. The number of hydrogen-bond acceptors (Lipinski definition) is 4. The summed E-state index contributed by atoms with van der Waals surface area (Å²) >= 11 is 0. The number of methoxy groups -OCH3 is 1. The third-order valence-electron chi connectivity index (χ3n) is 5.61. The molecule has 30 heavy (non-hydrogen) atoms. The number of ketones is 1. The summed E-state index contributed by atoms with van der Waals surface area (Å²) in [5.74, 6) is 0.387. The van der Waals surface area contributed by atoms with Gasteiger partial charge in [0.25, 0.3) is 5.91 Å². The van der Waals surface area contributed by atoms with E-state index in [1.165, 1.54) is 7.11 Å². The third kappa shape index (κ3) is 3.99. The van der Waals surface area contributed by atoms with Crippen molar-refractivity contribution in [3.63, 3.8) is 0 Å². The normalized spacial score (nSPS) is 14.5. The van der Waals surface area contributed by atoms with Crippen LogP contribution in [0.2, 0.25) is 0 Å². The van der Waals surface area contributed by atoms with Crippen molar-refractivity contribution < 1.29 is 14.3 Å². The molecular formula is C24H25N3O3. The molecule has 154 valence electrons. The summed E-state index contributed by atoms with van der Waals surface area (Å²) in [6.45, 7) is 3.07. The molecule has 4 rings (SSSR count). The average molecular weight is 403 g/mol. The molecule has 1 saturated heterocycles. The molecule has 1 aliphatic rings. The van der Waals surface area contributed by atoms with E-state index in [2.05, 4.69) is 5.10 Å². The monoisotopic (exact) mass is 403 g/mol. The fourth-order valence-electron chi connectivity index (χ4n) is 3.82. The van der Waals surface area contributed by atoms with Crippen LogP contribution in [0.4, 0.5) is 0 Å². The number of likely N-dealkylation sites (tertiary alicyclic amines) is 1. The fourth-order valence-corrected chi connectivity index (χ4v) is 3.82. The van der Waals surface area contributed by atoms with E-state index >= 15 is 0 Å². The number of carbonyl (C=O) groups is 2. The van der Waals surface area contributed by atoms with Crippen molar-refractivity contribution in [1.29, 1.82) is 0 Å². The molecule has 0 unspecified atom stereocenters. The van der Waals surface area contributed by atoms with Gasteiger partial charge in [-0.3, -0.25) is 9.59 Å². The van der Waals surface area contributed by atoms with Gasteiger partial charge in [-0.05, 0) is 31.9 Å². The second-order valence-corrected chi connectivity index (χ2v) is 7.62. The second kappa shape index (κ2) is 8.53. The quantitative estimate of drug-likeness (QED) is 0.606. The van der Waals surface area contributed by atoms with Crippen molar-refractivity contribution in [1.82, 2.24) is 14.7 Å². The first-order valence-electron chi connectivity index (χ1n) is 10.2. The number of nitrogens with zero attached hydrogens (tertiary/aromatic N) is 3. The second-order valence-electron chi connectivity index (χ2n) is 7.62. The van der Waals surface area contributed by atoms with Gasteiger partial charge in [-0.2, -0.15) is 5.10 Å². The third-order valence-corrected chi connectivity index (χ3v) is 5.61. The maximum atomic E-state index is 13.1. The minimum atomic E-state index is -0.164. The van der Waals surface area contributed by atoms with Crippen molar-refractivity contribution in [2.24, 2.45) is 5.92 Å². The highest BCUT2D eigenvalue weighted by Gasteiger charge is 2.31. The van der Waals surface area contributed by atoms with Crippen molar-refractivity contribution in [3.8, 4) is 11.4 Å². The molecule has 0 spiro atoms. The Hall–Kier alpha value is -3.41. The average Bonchev–Trinajstić information content (AvgIpc) is 3.24. The zero-order chi connectivity index (χ0) is 21.1. The molecule has 0 aliphatic carbocycles. The van der Waals surface area contributed by atoms with E-state index in [1.54, 1.807) is 15.8 Å². The van der Waals surface area contributed by atoms with Crippen LogP contribution in [0.25, 0.3) is 5.69 Å². The van der Waals surface area contributed by atoms with Gasteiger partial charge >= 0.3 is 0 Å². The number of hydrogen-bond donors (Lipinski definition) is 0. The lowest BCUT2D eigenvalue weighted by Crippen LogP contribution is -2.40. The van der Waals surface area contributed by atoms with Gasteiger partial charge in [0.15, 0.2) is 17.2 Å². The summed E-state index contributed by atoms with van der Waals surface area (Å²) in [7, 11) is 1.54. The highest BCUT2D eigenvalue weighted by Crippen LogP contribution is 2.26. The molecule has 3 aromatic rings. The molecule has 6 nitrogen and oxygen atoms in total. The number of aromatic nitrogens is 2. The molecule has 1 aliphatic heterocycles. The molecule has 6 heteroatoms. The van der Waals surface area contributed by atoms with E-state index in [9.17, 15) is 9.59 Å². The molecule has 0 radical (unpaired) electrons. The van der Waals surface area contributed by atoms with Crippen LogP contribution in [-0.4, -0.2) is 46.6 Å². The molecule has 1 amide bonds. The molecule has 1 fully saturated rings. The summed E-state index contributed by atoms with van der Waals surface area (Å²) in [5.41, 5.74) is 3.03. The lowest BCUT2D eigenvalue weighted by atomic mass is 9.88. The predicted octanol–water partition coefficient (Wildman–Crippen LogP) is 3.92. The summed E-state index contributed by atoms with van der Waals surface area (Å²) < 4.78 is 7.05. The summed E-state index contributed by atoms with van der Waals surface area (Å²) in [6.07, 6.45) is 3.02. The van der Waals surface area contributed by atoms with Crippen LogP contribution < -0.4 is 4.74 Å². The van der Waals surface area contributed by atoms with Crippen molar-refractivity contribution in [3.05, 3.63) is 77.6 Å². The van der Waals surface area contributed by atoms with Crippen molar-refractivity contribution in [2.75, 3.05) is 20.2 Å². The number of amides is 1. The molecule has 0 N–H and O–H groups in total. The van der Waals surface area contributed by atoms with Crippen LogP contribution in [0.3, 0.4) is 0 Å². The van der Waals surface area contributed by atoms with E-state index in [4.69, 9.17) is 4.74 Å². The minimum absolute atomic E-state index is 0.0551. The first kappa shape index (κ1) is 19.9. The molecule has 1 aromatic heterocycles. The number of piperidine rings is 1. The van der Waals surface area contributed by atoms with Crippen LogP contribution >= 0.6 is 0 Å². The molecule has 0 atom stereocenters. The number of rotatable bonds is 5. The Bertz CT molecular complexity index is 1030. The Balaban J connectivity index is 1.45. The summed E-state index contributed by atoms with van der Waals surface area (Å²) in [5, 5.41) is 4.47. The van der Waals surface area contributed by atoms with Gasteiger partial charge in [0.2, 0.25) is 0 Å². The Kier molecular flexibility index (Phi) is 5.65. The molecule has 2 heterocycles. The first-order valence-corrected chi connectivity index (χ1v) is 10.2. The molecule has 0 saturated carbocycles. The van der Waals surface area contributed by atoms with Crippen molar-refractivity contribution >= 4 is 11.7 Å². The molecule has 2 aromatic carbocycles. The number of Topliss-reactive ketones (excluding diaryl/α,β-unsaturated/α-hetero) is 1. The highest BCUT2D eigenvalue weighted by molar-refractivity contribution is 5.98. The van der Waals surface area contributed by atoms with Gasteiger partial charge < -0.3 is 9.64 Å². The number of ether oxygens (including phenoxy) is 1. The largest absolute Gasteiger partial charge is 0.493 e. The SMILES string of the molecule is COc1cn(-c2ccccc2)nc1C(=O)N1CCC(C(=O)c2ccc(C)cc2)CC1. The standard InChI is InChI=1S/C24H25N3O3/c1-17-8-10-18(11-9-17)23(28)19-12-14-26(15-13-19)24(29)22-21(30-2)16-27(25-22)20-6-4-3-5-7-20/h3-11,16,19H,12-15H2,1-2H3. The van der Waals surface area contributed by atoms with E-state index < -0.39 is 0 Å². The number of benzene rings is 2. The van der Waals surface area contributed by atoms with Gasteiger partial charge in [0.05, 0.1) is 19.0 Å². The fraction of sp³-hybridized carbons (Fsp3) is 0.292. The number of carbonyl (C=O) groups excluding carboxylic acids is 2. The highest BCUT2D eigenvalue weighted by atomic mass is 16.5. The first-order chi connectivity index (χ1) is 14.6. The number of para-hydroxylation sites is 1. The van der Waals surface area contributed by atoms with Gasteiger partial charge in [-0.25, -0.2) is 4.68 Å². The Labute approximate surface area is 176 Å². The minimum Gasteiger partial charge on any atom is -0.493 e. The Morgan fingerprint density at radius 3 is 2.30 bits per heavy atom. The van der Waals surface area contributed by atoms with E-state index in [0.29, 0.717) is 37.4 Å². The van der Waals surface area contributed by atoms with Gasteiger partial charge in [0, 0.05) is 24.6 Å². The Morgan fingerprint density at radius 2 is 1.67 bits per heavy atom. The lowest BCUT2D eigenvalue weighted by Gasteiger charge is -2.31. The van der Waals surface area contributed by atoms with Gasteiger partial charge in [0.1, 0.15) is 0 Å². The Morgan fingerprint density at radius 1 is 1.00 bits per heavy atom. The van der Waals surface area contributed by atoms with Crippen LogP contribution in [-0.2, 0) is 0 Å². The topological polar surface area (TPSA) is 64.4 Å². The van der Waals surface area contributed by atoms with Crippen LogP contribution in [0.15, 0.2) is 60.8 Å². The van der Waals surface area contributed by atoms with Crippen LogP contribution in [0.5, 0.6) is 5.75 Å². The lowest BCUT2D eigenvalue weighted by molar-refractivity contribution is 0.0642. The van der Waals surface area contributed by atoms with Crippen LogP contribution in [0.1, 0.15) is 39.3 Å². The summed E-state index contributed by atoms with van der Waals surface area (Å²) in [4.78, 5) is 27.6. The molecule has 0 bridgehead atoms. The van der Waals surface area contributed by atoms with Crippen LogP contribution in [0, 0.1) is 12.8 Å². The zero-order valence-electron chi connectivity index (χ0n) is 17.2. The van der Waals surface area contributed by atoms with E-state index in [0.717, 1.165) is 16.8 Å².